The third-order valence-corrected chi connectivity index (χ3v) is 3.18. The third-order valence-electron chi connectivity index (χ3n) is 2.21. The number of ether oxygens (including phenoxy) is 1. The van der Waals surface area contributed by atoms with Crippen LogP contribution in [0.2, 0.25) is 0 Å². The first-order chi connectivity index (χ1) is 7.77. The second-order valence-electron chi connectivity index (χ2n) is 3.09. The lowest BCUT2D eigenvalue weighted by molar-refractivity contribution is -0.132. The summed E-state index contributed by atoms with van der Waals surface area (Å²) in [6, 6.07) is 7.59. The molecule has 5 heteroatoms. The molecule has 0 unspecified atom stereocenters. The molecule has 1 heterocycles. The number of hydrogen-bond acceptors (Lipinski definition) is 5. The van der Waals surface area contributed by atoms with E-state index in [0.29, 0.717) is 5.56 Å². The number of rotatable bonds is 2. The average molecular weight is 235 g/mol. The van der Waals surface area contributed by atoms with Gasteiger partial charge < -0.3 is 9.94 Å². The standard InChI is InChI=1S/C11H9NO3S/c1-15-11(13)10(12-14)8-6-16-9-5-3-2-4-7(8)9/h2-6,14H,1H3. The molecule has 1 aromatic heterocycles. The summed E-state index contributed by atoms with van der Waals surface area (Å²) in [5.74, 6) is -0.647. The van der Waals surface area contributed by atoms with E-state index in [4.69, 9.17) is 5.21 Å². The van der Waals surface area contributed by atoms with Crippen LogP contribution in [0.4, 0.5) is 0 Å². The number of oxime groups is 1. The Morgan fingerprint density at radius 2 is 2.19 bits per heavy atom. The number of fused-ring (bicyclic) bond motifs is 1. The number of carbonyl (C=O) groups excluding carboxylic acids is 1. The maximum atomic E-state index is 11.4. The Balaban J connectivity index is 2.59. The molecule has 0 aliphatic carbocycles. The summed E-state index contributed by atoms with van der Waals surface area (Å²) in [5, 5.41) is 14.5. The SMILES string of the molecule is COC(=O)C(=NO)c1csc2ccccc12. The summed E-state index contributed by atoms with van der Waals surface area (Å²) in [4.78, 5) is 11.4. The van der Waals surface area contributed by atoms with Crippen molar-refractivity contribution in [1.82, 2.24) is 0 Å². The predicted molar refractivity (Wildman–Crippen MR) is 62.2 cm³/mol. The number of esters is 1. The highest BCUT2D eigenvalue weighted by molar-refractivity contribution is 7.17. The van der Waals surface area contributed by atoms with Crippen LogP contribution in [0.3, 0.4) is 0 Å². The summed E-state index contributed by atoms with van der Waals surface area (Å²) >= 11 is 1.49. The Hall–Kier alpha value is -1.88. The van der Waals surface area contributed by atoms with Crippen LogP contribution < -0.4 is 0 Å². The van der Waals surface area contributed by atoms with Crippen molar-refractivity contribution < 1.29 is 14.7 Å². The number of carbonyl (C=O) groups is 1. The molecule has 16 heavy (non-hydrogen) atoms. The first kappa shape index (κ1) is 10.6. The van der Waals surface area contributed by atoms with E-state index in [1.807, 2.05) is 24.3 Å². The van der Waals surface area contributed by atoms with Crippen LogP contribution in [0.5, 0.6) is 0 Å². The molecule has 0 saturated carbocycles. The van der Waals surface area contributed by atoms with E-state index in [9.17, 15) is 4.79 Å². The van der Waals surface area contributed by atoms with Crippen molar-refractivity contribution in [2.75, 3.05) is 7.11 Å². The molecule has 82 valence electrons. The van der Waals surface area contributed by atoms with Crippen LogP contribution in [0.1, 0.15) is 5.56 Å². The number of thiophene rings is 1. The monoisotopic (exact) mass is 235 g/mol. The predicted octanol–water partition coefficient (Wildman–Crippen LogP) is 2.25. The van der Waals surface area contributed by atoms with Crippen molar-refractivity contribution in [3.8, 4) is 0 Å². The normalized spacial score (nSPS) is 11.7. The fourth-order valence-electron chi connectivity index (χ4n) is 1.46. The van der Waals surface area contributed by atoms with Crippen molar-refractivity contribution in [1.29, 1.82) is 0 Å². The van der Waals surface area contributed by atoms with E-state index in [1.165, 1.54) is 18.4 Å². The Morgan fingerprint density at radius 1 is 1.44 bits per heavy atom. The van der Waals surface area contributed by atoms with Crippen molar-refractivity contribution in [2.45, 2.75) is 0 Å². The van der Waals surface area contributed by atoms with Gasteiger partial charge in [0.05, 0.1) is 7.11 Å². The molecule has 1 N–H and O–H groups in total. The fraction of sp³-hybridized carbons (Fsp3) is 0.0909. The Bertz CT molecular complexity index is 559. The Labute approximate surface area is 95.8 Å². The molecule has 0 aliphatic heterocycles. The van der Waals surface area contributed by atoms with Crippen LogP contribution in [0.15, 0.2) is 34.8 Å². The summed E-state index contributed by atoms with van der Waals surface area (Å²) < 4.78 is 5.58. The molecule has 2 rings (SSSR count). The Kier molecular flexibility index (Phi) is 2.87. The van der Waals surface area contributed by atoms with Crippen LogP contribution in [0, 0.1) is 0 Å². The molecule has 0 atom stereocenters. The van der Waals surface area contributed by atoms with E-state index in [-0.39, 0.29) is 5.71 Å². The molecule has 4 nitrogen and oxygen atoms in total. The molecule has 0 radical (unpaired) electrons. The molecule has 0 aliphatic rings. The summed E-state index contributed by atoms with van der Waals surface area (Å²) in [7, 11) is 1.25. The zero-order valence-electron chi connectivity index (χ0n) is 8.51. The molecule has 2 aromatic rings. The first-order valence-corrected chi connectivity index (χ1v) is 5.43. The highest BCUT2D eigenvalue weighted by Gasteiger charge is 2.18. The molecule has 1 aromatic carbocycles. The zero-order chi connectivity index (χ0) is 11.5. The van der Waals surface area contributed by atoms with Crippen LogP contribution in [0.25, 0.3) is 10.1 Å². The quantitative estimate of drug-likeness (QED) is 0.376. The molecule has 0 fully saturated rings. The van der Waals surface area contributed by atoms with Gasteiger partial charge in [-0.25, -0.2) is 4.79 Å². The van der Waals surface area contributed by atoms with Gasteiger partial charge in [-0.2, -0.15) is 0 Å². The second kappa shape index (κ2) is 4.32. The van der Waals surface area contributed by atoms with Gasteiger partial charge in [0.2, 0.25) is 0 Å². The van der Waals surface area contributed by atoms with E-state index < -0.39 is 5.97 Å². The van der Waals surface area contributed by atoms with Crippen molar-refractivity contribution in [3.05, 3.63) is 35.2 Å². The number of hydrogen-bond donors (Lipinski definition) is 1. The van der Waals surface area contributed by atoms with Gasteiger partial charge in [-0.15, -0.1) is 11.3 Å². The first-order valence-electron chi connectivity index (χ1n) is 4.55. The molecular formula is C11H9NO3S. The van der Waals surface area contributed by atoms with E-state index in [2.05, 4.69) is 9.89 Å². The molecule has 0 bridgehead atoms. The second-order valence-corrected chi connectivity index (χ2v) is 4.00. The third kappa shape index (κ3) is 1.65. The highest BCUT2D eigenvalue weighted by atomic mass is 32.1. The van der Waals surface area contributed by atoms with Crippen molar-refractivity contribution in [2.24, 2.45) is 5.16 Å². The van der Waals surface area contributed by atoms with Gasteiger partial charge in [0, 0.05) is 21.0 Å². The van der Waals surface area contributed by atoms with Crippen LogP contribution in [-0.4, -0.2) is 24.0 Å². The summed E-state index contributed by atoms with van der Waals surface area (Å²) in [6.07, 6.45) is 0. The lowest BCUT2D eigenvalue weighted by Crippen LogP contribution is -2.16. The minimum absolute atomic E-state index is 0.0695. The highest BCUT2D eigenvalue weighted by Crippen LogP contribution is 2.26. The average Bonchev–Trinajstić information content (AvgIpc) is 2.74. The molecular weight excluding hydrogens is 226 g/mol. The lowest BCUT2D eigenvalue weighted by Gasteiger charge is -2.00. The van der Waals surface area contributed by atoms with E-state index >= 15 is 0 Å². The maximum Gasteiger partial charge on any atom is 0.360 e. The molecule has 0 amide bonds. The van der Waals surface area contributed by atoms with Crippen LogP contribution in [-0.2, 0) is 9.53 Å². The van der Waals surface area contributed by atoms with Gasteiger partial charge in [0.25, 0.3) is 0 Å². The van der Waals surface area contributed by atoms with E-state index in [0.717, 1.165) is 10.1 Å². The van der Waals surface area contributed by atoms with Crippen molar-refractivity contribution >= 4 is 33.1 Å². The molecule has 0 saturated heterocycles. The number of benzene rings is 1. The van der Waals surface area contributed by atoms with Gasteiger partial charge >= 0.3 is 5.97 Å². The van der Waals surface area contributed by atoms with Gasteiger partial charge in [-0.05, 0) is 6.07 Å². The van der Waals surface area contributed by atoms with Crippen molar-refractivity contribution in [3.63, 3.8) is 0 Å². The van der Waals surface area contributed by atoms with Gasteiger partial charge in [-0.3, -0.25) is 0 Å². The minimum atomic E-state index is -0.647. The maximum absolute atomic E-state index is 11.4. The smallest absolute Gasteiger partial charge is 0.360 e. The summed E-state index contributed by atoms with van der Waals surface area (Å²) in [5.41, 5.74) is 0.523. The largest absolute Gasteiger partial charge is 0.464 e. The summed E-state index contributed by atoms with van der Waals surface area (Å²) in [6.45, 7) is 0. The molecule has 0 spiro atoms. The zero-order valence-corrected chi connectivity index (χ0v) is 9.32. The van der Waals surface area contributed by atoms with Gasteiger partial charge in [0.1, 0.15) is 0 Å². The van der Waals surface area contributed by atoms with Gasteiger partial charge in [-0.1, -0.05) is 23.4 Å². The van der Waals surface area contributed by atoms with Crippen LogP contribution >= 0.6 is 11.3 Å². The van der Waals surface area contributed by atoms with Gasteiger partial charge in [0.15, 0.2) is 5.71 Å². The number of nitrogens with zero attached hydrogens (tertiary/aromatic N) is 1. The fourth-order valence-corrected chi connectivity index (χ4v) is 2.41. The van der Waals surface area contributed by atoms with E-state index in [1.54, 1.807) is 5.38 Å². The topological polar surface area (TPSA) is 58.9 Å². The lowest BCUT2D eigenvalue weighted by atomic mass is 10.1. The minimum Gasteiger partial charge on any atom is -0.464 e. The number of methoxy groups -OCH3 is 1. The Morgan fingerprint density at radius 3 is 2.88 bits per heavy atom.